The summed E-state index contributed by atoms with van der Waals surface area (Å²) in [4.78, 5) is 4.17. The van der Waals surface area contributed by atoms with Crippen LogP contribution in [0.3, 0.4) is 0 Å². The molecule has 0 unspecified atom stereocenters. The van der Waals surface area contributed by atoms with Gasteiger partial charge in [0, 0.05) is 12.2 Å². The molecule has 4 heteroatoms. The van der Waals surface area contributed by atoms with E-state index < -0.39 is 0 Å². The second-order valence-corrected chi connectivity index (χ2v) is 3.55. The first-order valence-electron chi connectivity index (χ1n) is 4.58. The molecule has 0 aliphatic carbocycles. The maximum absolute atomic E-state index is 5.65. The summed E-state index contributed by atoms with van der Waals surface area (Å²) in [5.41, 5.74) is 0.988. The van der Waals surface area contributed by atoms with E-state index in [9.17, 15) is 0 Å². The van der Waals surface area contributed by atoms with Crippen molar-refractivity contribution >= 4 is 5.57 Å². The van der Waals surface area contributed by atoms with Crippen molar-refractivity contribution in [3.05, 3.63) is 18.7 Å². The molecular weight excluding hydrogens is 166 g/mol. The topological polar surface area (TPSA) is 39.9 Å². The van der Waals surface area contributed by atoms with Crippen molar-refractivity contribution in [2.24, 2.45) is 0 Å². The fourth-order valence-electron chi connectivity index (χ4n) is 2.20. The Hall–Kier alpha value is -1.16. The summed E-state index contributed by atoms with van der Waals surface area (Å²) in [6.45, 7) is 4.84. The molecule has 0 radical (unpaired) electrons. The molecule has 0 aromatic carbocycles. The van der Waals surface area contributed by atoms with Gasteiger partial charge in [-0.15, -0.1) is 0 Å². The van der Waals surface area contributed by atoms with Crippen LogP contribution in [0.25, 0.3) is 5.57 Å². The van der Waals surface area contributed by atoms with Crippen molar-refractivity contribution in [1.82, 2.24) is 14.8 Å². The summed E-state index contributed by atoms with van der Waals surface area (Å²) in [5.74, 6) is 0.900. The zero-order valence-electron chi connectivity index (χ0n) is 7.31. The lowest BCUT2D eigenvalue weighted by Crippen LogP contribution is -2.26. The van der Waals surface area contributed by atoms with Gasteiger partial charge in [0.15, 0.2) is 5.82 Å². The standard InChI is InChI=1S/C9H11N3O/c1-6-8-7(3-2-4-13-8)12-9(6)10-5-11-12/h5,7-8H,1-4H2/t7-,8-/m1/s1. The van der Waals surface area contributed by atoms with Gasteiger partial charge in [0.25, 0.3) is 0 Å². The van der Waals surface area contributed by atoms with Gasteiger partial charge in [0.2, 0.25) is 0 Å². The molecule has 3 rings (SSSR count). The molecule has 2 aliphatic heterocycles. The number of fused-ring (bicyclic) bond motifs is 3. The Balaban J connectivity index is 2.08. The van der Waals surface area contributed by atoms with Gasteiger partial charge in [0.05, 0.1) is 6.04 Å². The van der Waals surface area contributed by atoms with Gasteiger partial charge in [-0.1, -0.05) is 6.58 Å². The van der Waals surface area contributed by atoms with Crippen LogP contribution in [-0.2, 0) is 4.74 Å². The molecule has 4 nitrogen and oxygen atoms in total. The summed E-state index contributed by atoms with van der Waals surface area (Å²) in [6, 6.07) is 0.346. The highest BCUT2D eigenvalue weighted by atomic mass is 16.5. The molecule has 2 aliphatic rings. The Morgan fingerprint density at radius 1 is 1.62 bits per heavy atom. The average molecular weight is 177 g/mol. The third kappa shape index (κ3) is 0.836. The minimum atomic E-state index is 0.130. The van der Waals surface area contributed by atoms with Crippen LogP contribution in [0.5, 0.6) is 0 Å². The largest absolute Gasteiger partial charge is 0.371 e. The summed E-state index contributed by atoms with van der Waals surface area (Å²) >= 11 is 0. The Kier molecular flexibility index (Phi) is 1.35. The number of aromatic nitrogens is 3. The van der Waals surface area contributed by atoms with Crippen LogP contribution in [0, 0.1) is 0 Å². The van der Waals surface area contributed by atoms with Crippen molar-refractivity contribution in [3.8, 4) is 0 Å². The molecule has 68 valence electrons. The van der Waals surface area contributed by atoms with Crippen molar-refractivity contribution < 1.29 is 4.74 Å². The Morgan fingerprint density at radius 3 is 3.46 bits per heavy atom. The number of hydrogen-bond donors (Lipinski definition) is 0. The second kappa shape index (κ2) is 2.42. The zero-order chi connectivity index (χ0) is 8.84. The average Bonchev–Trinajstić information content (AvgIpc) is 2.72. The molecule has 1 fully saturated rings. The number of hydrogen-bond acceptors (Lipinski definition) is 3. The fraction of sp³-hybridized carbons (Fsp3) is 0.556. The first kappa shape index (κ1) is 7.26. The van der Waals surface area contributed by atoms with Crippen LogP contribution in [0.1, 0.15) is 24.7 Å². The highest BCUT2D eigenvalue weighted by molar-refractivity contribution is 5.65. The van der Waals surface area contributed by atoms with E-state index in [0.717, 1.165) is 30.8 Å². The van der Waals surface area contributed by atoms with E-state index >= 15 is 0 Å². The van der Waals surface area contributed by atoms with Crippen molar-refractivity contribution in [2.75, 3.05) is 6.61 Å². The molecule has 0 spiro atoms. The molecule has 0 bridgehead atoms. The maximum Gasteiger partial charge on any atom is 0.156 e. The quantitative estimate of drug-likeness (QED) is 0.594. The molecule has 3 heterocycles. The maximum atomic E-state index is 5.65. The number of nitrogens with zero attached hydrogens (tertiary/aromatic N) is 3. The normalized spacial score (nSPS) is 31.5. The Bertz CT molecular complexity index is 357. The third-order valence-electron chi connectivity index (χ3n) is 2.81. The summed E-state index contributed by atoms with van der Waals surface area (Å²) in [7, 11) is 0. The number of ether oxygens (including phenoxy) is 1. The molecule has 1 aromatic rings. The summed E-state index contributed by atoms with van der Waals surface area (Å²) < 4.78 is 7.61. The van der Waals surface area contributed by atoms with Gasteiger partial charge in [-0.05, 0) is 12.8 Å². The van der Waals surface area contributed by atoms with E-state index in [-0.39, 0.29) is 6.10 Å². The summed E-state index contributed by atoms with van der Waals surface area (Å²) in [5, 5.41) is 4.20. The highest BCUT2D eigenvalue weighted by Gasteiger charge is 2.39. The molecule has 1 aromatic heterocycles. The van der Waals surface area contributed by atoms with Crippen LogP contribution >= 0.6 is 0 Å². The zero-order valence-corrected chi connectivity index (χ0v) is 7.31. The highest BCUT2D eigenvalue weighted by Crippen LogP contribution is 2.39. The first-order chi connectivity index (χ1) is 6.38. The molecular formula is C9H11N3O. The number of rotatable bonds is 0. The lowest BCUT2D eigenvalue weighted by atomic mass is 10.0. The molecule has 0 amide bonds. The minimum absolute atomic E-state index is 0.130. The minimum Gasteiger partial charge on any atom is -0.371 e. The second-order valence-electron chi connectivity index (χ2n) is 3.55. The molecule has 2 atom stereocenters. The van der Waals surface area contributed by atoms with Crippen molar-refractivity contribution in [2.45, 2.75) is 25.0 Å². The van der Waals surface area contributed by atoms with Crippen LogP contribution in [-0.4, -0.2) is 27.5 Å². The van der Waals surface area contributed by atoms with Gasteiger partial charge < -0.3 is 4.74 Å². The molecule has 0 N–H and O–H groups in total. The third-order valence-corrected chi connectivity index (χ3v) is 2.81. The van der Waals surface area contributed by atoms with E-state index in [4.69, 9.17) is 4.74 Å². The van der Waals surface area contributed by atoms with Gasteiger partial charge in [-0.2, -0.15) is 5.10 Å². The Morgan fingerprint density at radius 2 is 2.54 bits per heavy atom. The Labute approximate surface area is 76.2 Å². The van der Waals surface area contributed by atoms with Crippen LogP contribution in [0.2, 0.25) is 0 Å². The van der Waals surface area contributed by atoms with E-state index in [1.54, 1.807) is 6.33 Å². The van der Waals surface area contributed by atoms with E-state index in [1.807, 2.05) is 4.68 Å². The molecule has 13 heavy (non-hydrogen) atoms. The monoisotopic (exact) mass is 177 g/mol. The lowest BCUT2D eigenvalue weighted by molar-refractivity contribution is 0.0207. The van der Waals surface area contributed by atoms with Gasteiger partial charge in [0.1, 0.15) is 12.4 Å². The first-order valence-corrected chi connectivity index (χ1v) is 4.58. The molecule has 0 saturated carbocycles. The smallest absolute Gasteiger partial charge is 0.156 e. The molecule has 1 saturated heterocycles. The van der Waals surface area contributed by atoms with Crippen LogP contribution in [0.15, 0.2) is 12.9 Å². The van der Waals surface area contributed by atoms with E-state index in [0.29, 0.717) is 6.04 Å². The van der Waals surface area contributed by atoms with Gasteiger partial charge >= 0.3 is 0 Å². The fourth-order valence-corrected chi connectivity index (χ4v) is 2.20. The van der Waals surface area contributed by atoms with Gasteiger partial charge in [-0.3, -0.25) is 0 Å². The summed E-state index contributed by atoms with van der Waals surface area (Å²) in [6.07, 6.45) is 3.95. The van der Waals surface area contributed by atoms with Crippen molar-refractivity contribution in [1.29, 1.82) is 0 Å². The van der Waals surface area contributed by atoms with Crippen molar-refractivity contribution in [3.63, 3.8) is 0 Å². The predicted molar refractivity (Wildman–Crippen MR) is 47.1 cm³/mol. The van der Waals surface area contributed by atoms with Crippen LogP contribution in [0.4, 0.5) is 0 Å². The van der Waals surface area contributed by atoms with E-state index in [1.165, 1.54) is 0 Å². The predicted octanol–water partition coefficient (Wildman–Crippen LogP) is 1.02. The lowest BCUT2D eigenvalue weighted by Gasteiger charge is -2.25. The van der Waals surface area contributed by atoms with Gasteiger partial charge in [-0.25, -0.2) is 9.67 Å². The van der Waals surface area contributed by atoms with Crippen LogP contribution < -0.4 is 0 Å². The van der Waals surface area contributed by atoms with E-state index in [2.05, 4.69) is 16.7 Å². The SMILES string of the molecule is C=C1c2ncnn2[C@@H]2CCCO[C@H]12.